The summed E-state index contributed by atoms with van der Waals surface area (Å²) in [7, 11) is -8.21. The molecule has 0 spiro atoms. The lowest BCUT2D eigenvalue weighted by molar-refractivity contribution is -0.284. The minimum absolute atomic E-state index is 0.00224. The monoisotopic (exact) mass is 896 g/mol. The van der Waals surface area contributed by atoms with Gasteiger partial charge in [0.15, 0.2) is 9.49 Å². The summed E-state index contributed by atoms with van der Waals surface area (Å²) in [4.78, 5) is 33.9. The molecule has 4 aromatic heterocycles. The van der Waals surface area contributed by atoms with Gasteiger partial charge in [0.1, 0.15) is 8.42 Å². The summed E-state index contributed by atoms with van der Waals surface area (Å²) in [5.41, 5.74) is 5.05. The molecule has 2 amide bonds. The van der Waals surface area contributed by atoms with Gasteiger partial charge in [-0.2, -0.15) is 22.0 Å². The molecule has 23 heteroatoms. The number of ether oxygens (including phenoxy) is 2. The number of pyridine rings is 2. The van der Waals surface area contributed by atoms with Gasteiger partial charge in [0.2, 0.25) is 19.7 Å². The fourth-order valence-electron chi connectivity index (χ4n) is 6.21. The van der Waals surface area contributed by atoms with Gasteiger partial charge in [0.25, 0.3) is 11.8 Å². The molecule has 0 aromatic carbocycles. The van der Waals surface area contributed by atoms with Crippen LogP contribution in [0.15, 0.2) is 69.3 Å². The van der Waals surface area contributed by atoms with E-state index in [-0.39, 0.29) is 71.8 Å². The lowest BCUT2D eigenvalue weighted by Crippen LogP contribution is -2.54. The molecule has 0 bridgehead atoms. The first-order valence-electron chi connectivity index (χ1n) is 17.3. The van der Waals surface area contributed by atoms with Crippen molar-refractivity contribution in [2.45, 2.75) is 75.5 Å². The molecule has 4 aromatic rings. The molecule has 0 aliphatic carbocycles. The number of amides is 2. The maximum Gasteiger partial charge on any atom is 0.453 e. The van der Waals surface area contributed by atoms with Gasteiger partial charge in [-0.25, -0.2) is 27.8 Å². The molecule has 4 N–H and O–H groups in total. The fraction of sp³-hybridized carbons (Fsp3) is 0.429. The summed E-state index contributed by atoms with van der Waals surface area (Å²) >= 11 is 1.88. The lowest BCUT2D eigenvalue weighted by atomic mass is 9.98. The van der Waals surface area contributed by atoms with Crippen LogP contribution in [0.2, 0.25) is 0 Å². The van der Waals surface area contributed by atoms with Crippen LogP contribution in [-0.2, 0) is 45.2 Å². The van der Waals surface area contributed by atoms with Crippen molar-refractivity contribution in [2.75, 3.05) is 26.4 Å². The van der Waals surface area contributed by atoms with Crippen LogP contribution in [-0.4, -0.2) is 97.1 Å². The van der Waals surface area contributed by atoms with Crippen molar-refractivity contribution in [3.63, 3.8) is 0 Å². The molecule has 0 radical (unpaired) electrons. The number of aromatic nitrogens is 2. The number of carbonyl (C=O) groups is 2. The minimum Gasteiger partial charge on any atom is -0.381 e. The average Bonchev–Trinajstić information content (AvgIpc) is 3.93. The van der Waals surface area contributed by atoms with Crippen molar-refractivity contribution >= 4 is 54.2 Å². The van der Waals surface area contributed by atoms with Crippen molar-refractivity contribution in [1.29, 1.82) is 0 Å². The zero-order chi connectivity index (χ0) is 42.6. The molecule has 2 saturated heterocycles. The number of aryl methyl sites for hydroxylation is 2. The third-order valence-electron chi connectivity index (χ3n) is 9.74. The topological polar surface area (TPSA) is 211 Å². The first-order chi connectivity index (χ1) is 27.2. The highest BCUT2D eigenvalue weighted by Gasteiger charge is 2.57. The number of sulfone groups is 2. The van der Waals surface area contributed by atoms with E-state index < -0.39 is 65.9 Å². The molecule has 58 heavy (non-hydrogen) atoms. The van der Waals surface area contributed by atoms with Crippen LogP contribution in [0.4, 0.5) is 22.0 Å². The molecular formula is C35H37F5N4O10S4. The number of halogens is 5. The summed E-state index contributed by atoms with van der Waals surface area (Å²) < 4.78 is 123. The van der Waals surface area contributed by atoms with Crippen molar-refractivity contribution in [3.05, 3.63) is 72.1 Å². The third kappa shape index (κ3) is 8.95. The normalized spacial score (nSPS) is 17.1. The number of hydroxylamine groups is 2. The van der Waals surface area contributed by atoms with E-state index in [0.717, 1.165) is 34.4 Å². The summed E-state index contributed by atoms with van der Waals surface area (Å²) in [6.45, 7) is 2.24. The molecule has 0 atom stereocenters. The van der Waals surface area contributed by atoms with Gasteiger partial charge in [0, 0.05) is 45.2 Å². The summed E-state index contributed by atoms with van der Waals surface area (Å²) in [5.74, 6) is -6.79. The standard InChI is InChI=1S/C19H19F5N2O5S2.C16H18N2O5S2/c20-18(21,19(22,23)24)6-5-12-1-2-13(25-11-12)14-3-4-15(32-14)33(29,30)17(16(27)26-28)7-9-31-10-8-17;1-11-2-3-12(17-10-11)13-4-5-14(24-13)25(21,22)16(15(19)18-20)6-8-23-9-7-16/h1-4,11,28H,5-10H2,(H,26,27);2-5,10,20H,6-9H2,1H3,(H,18,19). The molecule has 0 unspecified atom stereocenters. The first kappa shape index (κ1) is 45.1. The van der Waals surface area contributed by atoms with Crippen LogP contribution in [0.25, 0.3) is 21.1 Å². The van der Waals surface area contributed by atoms with Crippen LogP contribution < -0.4 is 11.0 Å². The van der Waals surface area contributed by atoms with Crippen LogP contribution in [0.5, 0.6) is 0 Å². The second kappa shape index (κ2) is 17.7. The van der Waals surface area contributed by atoms with E-state index in [1.165, 1.54) is 41.3 Å². The highest BCUT2D eigenvalue weighted by molar-refractivity contribution is 7.96. The van der Waals surface area contributed by atoms with Crippen LogP contribution in [0.3, 0.4) is 0 Å². The van der Waals surface area contributed by atoms with E-state index in [0.29, 0.717) is 15.4 Å². The quantitative estimate of drug-likeness (QED) is 0.0810. The fourth-order valence-corrected chi connectivity index (χ4v) is 13.3. The Kier molecular flexibility index (Phi) is 13.8. The van der Waals surface area contributed by atoms with Gasteiger partial charge in [-0.15, -0.1) is 22.7 Å². The Hall–Kier alpha value is -3.97. The van der Waals surface area contributed by atoms with E-state index in [4.69, 9.17) is 19.9 Å². The number of thiophene rings is 2. The molecule has 14 nitrogen and oxygen atoms in total. The van der Waals surface area contributed by atoms with E-state index in [1.54, 1.807) is 12.3 Å². The molecule has 2 aliphatic heterocycles. The Morgan fingerprint density at radius 1 is 0.707 bits per heavy atom. The van der Waals surface area contributed by atoms with Gasteiger partial charge in [-0.1, -0.05) is 12.1 Å². The highest BCUT2D eigenvalue weighted by Crippen LogP contribution is 2.42. The van der Waals surface area contributed by atoms with Gasteiger partial charge in [-0.3, -0.25) is 30.0 Å². The van der Waals surface area contributed by atoms with E-state index in [1.807, 2.05) is 19.1 Å². The number of hydrogen-bond donors (Lipinski definition) is 4. The Balaban J connectivity index is 0.000000229. The Morgan fingerprint density at radius 3 is 1.50 bits per heavy atom. The van der Waals surface area contributed by atoms with Crippen LogP contribution in [0.1, 0.15) is 43.2 Å². The SMILES string of the molecule is Cc1ccc(-c2ccc(S(=O)(=O)C3(C(=O)NO)CCOCC3)s2)nc1.O=C(NO)C1(S(=O)(=O)c2ccc(-c3ccc(CCC(F)(F)C(F)(F)F)cn3)s2)CCOCC1. The Bertz CT molecular complexity index is 2290. The van der Waals surface area contributed by atoms with Crippen molar-refractivity contribution in [2.24, 2.45) is 0 Å². The number of carbonyl (C=O) groups excluding carboxylic acids is 2. The Morgan fingerprint density at radius 2 is 1.14 bits per heavy atom. The molecule has 316 valence electrons. The van der Waals surface area contributed by atoms with E-state index in [9.17, 15) is 48.4 Å². The Labute approximate surface area is 337 Å². The van der Waals surface area contributed by atoms with Crippen molar-refractivity contribution in [3.8, 4) is 21.1 Å². The molecular weight excluding hydrogens is 860 g/mol. The molecule has 6 heterocycles. The van der Waals surface area contributed by atoms with Gasteiger partial charge >= 0.3 is 12.1 Å². The molecule has 0 saturated carbocycles. The summed E-state index contributed by atoms with van der Waals surface area (Å²) in [6, 6.07) is 12.3. The minimum atomic E-state index is -5.63. The number of hydrogen-bond acceptors (Lipinski definition) is 14. The van der Waals surface area contributed by atoms with Crippen LogP contribution in [0, 0.1) is 6.92 Å². The van der Waals surface area contributed by atoms with Crippen LogP contribution >= 0.6 is 22.7 Å². The average molecular weight is 897 g/mol. The molecule has 6 rings (SSSR count). The third-order valence-corrected chi connectivity index (χ3v) is 17.9. The number of nitrogens with one attached hydrogen (secondary N) is 2. The zero-order valence-electron chi connectivity index (χ0n) is 30.4. The number of alkyl halides is 5. The number of rotatable bonds is 11. The van der Waals surface area contributed by atoms with E-state index >= 15 is 0 Å². The largest absolute Gasteiger partial charge is 0.453 e. The second-order valence-corrected chi connectivity index (χ2v) is 20.5. The highest BCUT2D eigenvalue weighted by atomic mass is 32.2. The van der Waals surface area contributed by atoms with Gasteiger partial charge in [-0.05, 0) is 86.6 Å². The summed E-state index contributed by atoms with van der Waals surface area (Å²) in [6.07, 6.45) is -5.04. The van der Waals surface area contributed by atoms with Crippen molar-refractivity contribution in [1.82, 2.24) is 20.9 Å². The lowest BCUT2D eigenvalue weighted by Gasteiger charge is -2.33. The maximum atomic E-state index is 13.3. The summed E-state index contributed by atoms with van der Waals surface area (Å²) in [5, 5.41) is 18.1. The van der Waals surface area contributed by atoms with Gasteiger partial charge in [0.05, 0.1) is 21.1 Å². The predicted octanol–water partition coefficient (Wildman–Crippen LogP) is 5.72. The molecule has 2 fully saturated rings. The first-order valence-corrected chi connectivity index (χ1v) is 21.9. The van der Waals surface area contributed by atoms with Crippen molar-refractivity contribution < 1.29 is 68.3 Å². The maximum absolute atomic E-state index is 13.3. The van der Waals surface area contributed by atoms with Gasteiger partial charge < -0.3 is 9.47 Å². The predicted molar refractivity (Wildman–Crippen MR) is 199 cm³/mol. The molecule has 2 aliphatic rings. The van der Waals surface area contributed by atoms with E-state index in [2.05, 4.69) is 9.97 Å². The zero-order valence-corrected chi connectivity index (χ0v) is 33.7. The number of nitrogens with zero attached hydrogens (tertiary/aromatic N) is 2. The second-order valence-electron chi connectivity index (χ2n) is 13.3. The smallest absolute Gasteiger partial charge is 0.381 e.